The number of allylic oxidation sites excluding steroid dienone is 4. The van der Waals surface area contributed by atoms with E-state index >= 15 is 0 Å². The molecule has 12 N–H and O–H groups in total. The lowest BCUT2D eigenvalue weighted by atomic mass is 9.47. The van der Waals surface area contributed by atoms with Crippen LogP contribution in [0.3, 0.4) is 0 Å². The van der Waals surface area contributed by atoms with Gasteiger partial charge in [-0.3, -0.25) is 9.59 Å². The second kappa shape index (κ2) is 45.8. The molecule has 3 aliphatic rings. The van der Waals surface area contributed by atoms with Crippen LogP contribution in [-0.4, -0.2) is 138 Å². The van der Waals surface area contributed by atoms with Crippen LogP contribution in [0.1, 0.15) is 279 Å². The SMILES string of the molecule is CC(C)C1=CC2=CCC3[C@](C)(C(=O)O)CCC[C@]3(C)[C@H]2CC1.CCCCCCCCCCCCCCCCC(O)(CCCCCCCCCCCCCCCCCC(=O)O)C(=O)O.OCC(CO)(CO)CO.OCC(CO)(CO)CO. The van der Waals surface area contributed by atoms with Crippen molar-refractivity contribution < 1.29 is 75.7 Å². The van der Waals surface area contributed by atoms with Gasteiger partial charge in [0.2, 0.25) is 0 Å². The molecule has 0 bridgehead atoms. The minimum Gasteiger partial charge on any atom is -0.481 e. The molecular formula is C66H124O15. The highest BCUT2D eigenvalue weighted by molar-refractivity contribution is 5.77. The first kappa shape index (κ1) is 78.5. The molecule has 15 nitrogen and oxygen atoms in total. The molecule has 1 fully saturated rings. The molecule has 3 aliphatic carbocycles. The molecule has 1 saturated carbocycles. The molecule has 0 aromatic heterocycles. The number of aliphatic hydroxyl groups excluding tert-OH is 8. The van der Waals surface area contributed by atoms with Gasteiger partial charge in [-0.15, -0.1) is 0 Å². The summed E-state index contributed by atoms with van der Waals surface area (Å²) in [5.74, 6) is -0.828. The van der Waals surface area contributed by atoms with E-state index in [-0.39, 0.29) is 11.3 Å². The van der Waals surface area contributed by atoms with Crippen molar-refractivity contribution in [2.24, 2.45) is 39.4 Å². The highest BCUT2D eigenvalue weighted by Gasteiger charge is 2.57. The predicted octanol–water partition coefficient (Wildman–Crippen LogP) is 12.5. The predicted molar refractivity (Wildman–Crippen MR) is 325 cm³/mol. The molecule has 0 radical (unpaired) electrons. The fraction of sp³-hybridized carbons (Fsp3) is 0.894. The van der Waals surface area contributed by atoms with E-state index < -0.39 is 92.6 Å². The summed E-state index contributed by atoms with van der Waals surface area (Å²) in [4.78, 5) is 34.2. The molecule has 0 aromatic carbocycles. The van der Waals surface area contributed by atoms with E-state index in [9.17, 15) is 29.7 Å². The Morgan fingerprint density at radius 3 is 1.17 bits per heavy atom. The van der Waals surface area contributed by atoms with Gasteiger partial charge in [-0.2, -0.15) is 0 Å². The van der Waals surface area contributed by atoms with E-state index in [0.717, 1.165) is 77.0 Å². The van der Waals surface area contributed by atoms with Gasteiger partial charge in [-0.1, -0.05) is 219 Å². The first-order valence-electron chi connectivity index (χ1n) is 32.4. The molecule has 478 valence electrons. The highest BCUT2D eigenvalue weighted by atomic mass is 16.4. The average Bonchev–Trinajstić information content (AvgIpc) is 3.46. The number of carboxylic acids is 3. The van der Waals surface area contributed by atoms with Gasteiger partial charge in [-0.25, -0.2) is 4.79 Å². The van der Waals surface area contributed by atoms with Gasteiger partial charge in [0.05, 0.1) is 69.1 Å². The van der Waals surface area contributed by atoms with Crippen molar-refractivity contribution in [3.05, 3.63) is 23.3 Å². The second-order valence-corrected chi connectivity index (χ2v) is 25.7. The van der Waals surface area contributed by atoms with Crippen LogP contribution in [0.5, 0.6) is 0 Å². The molecule has 15 heteroatoms. The zero-order valence-corrected chi connectivity index (χ0v) is 52.0. The summed E-state index contributed by atoms with van der Waals surface area (Å²) >= 11 is 0. The molecule has 3 rings (SSSR count). The van der Waals surface area contributed by atoms with Crippen molar-refractivity contribution in [3.8, 4) is 0 Å². The number of aliphatic hydroxyl groups is 9. The van der Waals surface area contributed by atoms with E-state index in [0.29, 0.717) is 31.1 Å². The molecule has 2 unspecified atom stereocenters. The summed E-state index contributed by atoms with van der Waals surface area (Å²) in [6.07, 6.45) is 47.6. The number of unbranched alkanes of at least 4 members (excludes halogenated alkanes) is 27. The molecule has 0 spiro atoms. The van der Waals surface area contributed by atoms with Gasteiger partial charge in [0.15, 0.2) is 5.60 Å². The Morgan fingerprint density at radius 1 is 0.531 bits per heavy atom. The van der Waals surface area contributed by atoms with E-state index in [4.69, 9.17) is 46.0 Å². The van der Waals surface area contributed by atoms with E-state index in [1.807, 2.05) is 6.92 Å². The maximum atomic E-state index is 11.9. The quantitative estimate of drug-likeness (QED) is 0.0253. The second-order valence-electron chi connectivity index (χ2n) is 25.7. The van der Waals surface area contributed by atoms with Crippen molar-refractivity contribution in [1.29, 1.82) is 0 Å². The topological polar surface area (TPSA) is 294 Å². The maximum Gasteiger partial charge on any atom is 0.335 e. The van der Waals surface area contributed by atoms with Gasteiger partial charge in [0, 0.05) is 6.42 Å². The molecule has 81 heavy (non-hydrogen) atoms. The number of fused-ring (bicyclic) bond motifs is 3. The lowest BCUT2D eigenvalue weighted by Gasteiger charge is -2.57. The van der Waals surface area contributed by atoms with Crippen molar-refractivity contribution in [1.82, 2.24) is 0 Å². The normalized spacial score (nSPS) is 20.4. The number of rotatable bonds is 44. The van der Waals surface area contributed by atoms with Crippen LogP contribution in [0.25, 0.3) is 0 Å². The van der Waals surface area contributed by atoms with Crippen LogP contribution < -0.4 is 0 Å². The van der Waals surface area contributed by atoms with Crippen molar-refractivity contribution >= 4 is 17.9 Å². The first-order valence-corrected chi connectivity index (χ1v) is 32.4. The Hall–Kier alpha value is -2.47. The molecule has 0 heterocycles. The highest BCUT2D eigenvalue weighted by Crippen LogP contribution is 2.62. The monoisotopic (exact) mass is 1160 g/mol. The Kier molecular flexibility index (Phi) is 44.4. The molecular weight excluding hydrogens is 1030 g/mol. The molecule has 0 aromatic rings. The van der Waals surface area contributed by atoms with Crippen molar-refractivity contribution in [2.45, 2.75) is 284 Å². The third-order valence-electron chi connectivity index (χ3n) is 18.6. The van der Waals surface area contributed by atoms with Crippen LogP contribution in [0, 0.1) is 39.4 Å². The zero-order chi connectivity index (χ0) is 61.1. The molecule has 0 amide bonds. The van der Waals surface area contributed by atoms with Crippen molar-refractivity contribution in [2.75, 3.05) is 52.9 Å². The summed E-state index contributed by atoms with van der Waals surface area (Å²) in [6.45, 7) is 7.95. The number of hydrogen-bond donors (Lipinski definition) is 12. The van der Waals surface area contributed by atoms with Gasteiger partial charge >= 0.3 is 17.9 Å². The van der Waals surface area contributed by atoms with Gasteiger partial charge in [0.25, 0.3) is 0 Å². The number of carbonyl (C=O) groups is 3. The summed E-state index contributed by atoms with van der Waals surface area (Å²) in [5.41, 5.74) is -1.06. The Balaban J connectivity index is 0.00000130. The molecule has 0 aliphatic heterocycles. The first-order chi connectivity index (χ1) is 38.7. The van der Waals surface area contributed by atoms with E-state index in [1.54, 1.807) is 5.57 Å². The van der Waals surface area contributed by atoms with Crippen LogP contribution in [-0.2, 0) is 14.4 Å². The Morgan fingerprint density at radius 2 is 0.877 bits per heavy atom. The summed E-state index contributed by atoms with van der Waals surface area (Å²) in [7, 11) is 0. The van der Waals surface area contributed by atoms with Gasteiger partial charge < -0.3 is 61.3 Å². The third kappa shape index (κ3) is 31.0. The fourth-order valence-corrected chi connectivity index (χ4v) is 12.1. The van der Waals surface area contributed by atoms with Gasteiger partial charge in [-0.05, 0) is 99.9 Å². The van der Waals surface area contributed by atoms with Crippen LogP contribution in [0.2, 0.25) is 0 Å². The number of hydrogen-bond acceptors (Lipinski definition) is 12. The Bertz CT molecular complexity index is 1600. The lowest BCUT2D eigenvalue weighted by Crippen LogP contribution is -2.53. The smallest absolute Gasteiger partial charge is 0.335 e. The summed E-state index contributed by atoms with van der Waals surface area (Å²) in [5, 5.41) is 107. The minimum absolute atomic E-state index is 0.161. The minimum atomic E-state index is -1.53. The molecule has 0 saturated heterocycles. The van der Waals surface area contributed by atoms with Crippen LogP contribution in [0.4, 0.5) is 0 Å². The zero-order valence-electron chi connectivity index (χ0n) is 52.0. The van der Waals surface area contributed by atoms with E-state index in [2.05, 4.69) is 39.8 Å². The van der Waals surface area contributed by atoms with Gasteiger partial charge in [0.1, 0.15) is 0 Å². The number of aliphatic carboxylic acids is 3. The maximum absolute atomic E-state index is 11.9. The average molecular weight is 1160 g/mol. The molecule has 5 atom stereocenters. The summed E-state index contributed by atoms with van der Waals surface area (Å²) < 4.78 is 0. The standard InChI is InChI=1S/C36H70O5.C20H30O2.2C5H12O4/c1-2-3-4-5-6-7-8-9-14-17-20-23-26-29-32-36(41,35(39)40)33-30-27-24-21-18-15-12-10-11-13-16-19-22-25-28-31-34(37)38;1-13(2)14-6-8-16-15(12-14)7-9-17-19(16,3)10-5-11-20(17,4)18(21)22;2*6-1-5(2-7,3-8)4-9/h41H,2-33H2,1H3,(H,37,38)(H,39,40);7,12-13,16-17H,5-6,8-11H2,1-4H3,(H,21,22);2*6-9H,1-4H2/t;16-,17?,19+,20+;;/m.0../s1. The van der Waals surface area contributed by atoms with Crippen molar-refractivity contribution in [3.63, 3.8) is 0 Å². The van der Waals surface area contributed by atoms with Crippen LogP contribution >= 0.6 is 0 Å². The number of carboxylic acid groups (broad SMARTS) is 3. The summed E-state index contributed by atoms with van der Waals surface area (Å²) in [6, 6.07) is 0. The van der Waals surface area contributed by atoms with E-state index in [1.165, 1.54) is 153 Å². The lowest BCUT2D eigenvalue weighted by molar-refractivity contribution is -0.162. The fourth-order valence-electron chi connectivity index (χ4n) is 12.1. The Labute approximate surface area is 491 Å². The largest absolute Gasteiger partial charge is 0.481 e. The van der Waals surface area contributed by atoms with Crippen LogP contribution in [0.15, 0.2) is 23.3 Å². The third-order valence-corrected chi connectivity index (χ3v) is 18.6.